The Morgan fingerprint density at radius 2 is 2.17 bits per heavy atom. The van der Waals surface area contributed by atoms with Crippen molar-refractivity contribution in [1.29, 1.82) is 5.26 Å². The van der Waals surface area contributed by atoms with Crippen LogP contribution in [0.3, 0.4) is 0 Å². The number of azide groups is 1. The summed E-state index contributed by atoms with van der Waals surface area (Å²) in [5.74, 6) is 0. The van der Waals surface area contributed by atoms with Crippen molar-refractivity contribution in [3.63, 3.8) is 0 Å². The van der Waals surface area contributed by atoms with Crippen molar-refractivity contribution in [2.75, 3.05) is 13.1 Å². The molecule has 0 saturated heterocycles. The smallest absolute Gasteiger partial charge is 0.263 e. The first kappa shape index (κ1) is 13.9. The Morgan fingerprint density at radius 1 is 1.44 bits per heavy atom. The first-order valence-corrected chi connectivity index (χ1v) is 5.21. The molecule has 1 aromatic carbocycles. The summed E-state index contributed by atoms with van der Waals surface area (Å²) in [6.07, 6.45) is -2.56. The maximum Gasteiger partial charge on any atom is 0.263 e. The Labute approximate surface area is 103 Å². The van der Waals surface area contributed by atoms with Gasteiger partial charge in [0.25, 0.3) is 6.43 Å². The molecule has 0 bridgehead atoms. The number of nitrogens with zero attached hydrogens (tertiary/aromatic N) is 4. The van der Waals surface area contributed by atoms with Gasteiger partial charge in [-0.15, -0.1) is 0 Å². The highest BCUT2D eigenvalue weighted by Gasteiger charge is 2.13. The van der Waals surface area contributed by atoms with Crippen LogP contribution in [0.1, 0.15) is 23.6 Å². The van der Waals surface area contributed by atoms with Crippen LogP contribution in [0.25, 0.3) is 10.4 Å². The van der Waals surface area contributed by atoms with Crippen LogP contribution in [-0.2, 0) is 0 Å². The highest BCUT2D eigenvalue weighted by atomic mass is 19.3. The van der Waals surface area contributed by atoms with Gasteiger partial charge in [-0.3, -0.25) is 5.32 Å². The van der Waals surface area contributed by atoms with E-state index in [0.29, 0.717) is 12.1 Å². The molecule has 7 heteroatoms. The maximum absolute atomic E-state index is 12.5. The number of benzene rings is 1. The van der Waals surface area contributed by atoms with E-state index in [9.17, 15) is 8.78 Å². The number of hydrogen-bond acceptors (Lipinski definition) is 3. The molecule has 0 aromatic heterocycles. The molecule has 0 heterocycles. The van der Waals surface area contributed by atoms with Gasteiger partial charge in [0.1, 0.15) is 6.04 Å². The van der Waals surface area contributed by atoms with E-state index in [0.717, 1.165) is 0 Å². The normalized spacial score (nSPS) is 11.7. The predicted molar refractivity (Wildman–Crippen MR) is 61.8 cm³/mol. The lowest BCUT2D eigenvalue weighted by molar-refractivity contribution is 0.151. The molecule has 1 N–H and O–H groups in total. The summed E-state index contributed by atoms with van der Waals surface area (Å²) in [6, 6.07) is 6.95. The molecule has 0 radical (unpaired) electrons. The zero-order valence-electron chi connectivity index (χ0n) is 9.42. The van der Waals surface area contributed by atoms with Gasteiger partial charge in [-0.2, -0.15) is 5.26 Å². The molecule has 18 heavy (non-hydrogen) atoms. The number of nitrogens with one attached hydrogen (secondary N) is 1. The summed E-state index contributed by atoms with van der Waals surface area (Å²) in [5.41, 5.74) is 8.43. The maximum atomic E-state index is 12.5. The van der Waals surface area contributed by atoms with E-state index in [4.69, 9.17) is 10.8 Å². The minimum Gasteiger partial charge on any atom is -0.298 e. The van der Waals surface area contributed by atoms with Crippen LogP contribution in [0.15, 0.2) is 29.4 Å². The second-order valence-electron chi connectivity index (χ2n) is 3.44. The standard InChI is InChI=1S/C11H11F2N5/c12-11(13)9-3-1-2-8(6-9)10(7-14)16-4-5-17-18-15/h1-3,6,10-11,16H,4-5H2. The van der Waals surface area contributed by atoms with Gasteiger partial charge in [0.05, 0.1) is 6.07 Å². The van der Waals surface area contributed by atoms with Gasteiger partial charge in [-0.25, -0.2) is 8.78 Å². The Kier molecular flexibility index (Phi) is 5.58. The van der Waals surface area contributed by atoms with Crippen molar-refractivity contribution in [3.05, 3.63) is 45.8 Å². The van der Waals surface area contributed by atoms with Crippen LogP contribution < -0.4 is 5.32 Å². The molecule has 0 aliphatic carbocycles. The molecular formula is C11H11F2N5. The molecule has 0 saturated carbocycles. The molecule has 0 fully saturated rings. The second kappa shape index (κ2) is 7.22. The Morgan fingerprint density at radius 3 is 2.78 bits per heavy atom. The molecule has 0 aliphatic rings. The lowest BCUT2D eigenvalue weighted by atomic mass is 10.1. The van der Waals surface area contributed by atoms with Crippen molar-refractivity contribution in [1.82, 2.24) is 5.32 Å². The largest absolute Gasteiger partial charge is 0.298 e. The average Bonchev–Trinajstić information content (AvgIpc) is 2.39. The van der Waals surface area contributed by atoms with Gasteiger partial charge in [-0.05, 0) is 17.2 Å². The molecule has 5 nitrogen and oxygen atoms in total. The van der Waals surface area contributed by atoms with Gasteiger partial charge in [-0.1, -0.05) is 23.3 Å². The third kappa shape index (κ3) is 4.01. The van der Waals surface area contributed by atoms with Gasteiger partial charge in [0.15, 0.2) is 0 Å². The van der Waals surface area contributed by atoms with E-state index in [1.165, 1.54) is 18.2 Å². The zero-order chi connectivity index (χ0) is 13.4. The molecular weight excluding hydrogens is 240 g/mol. The fraction of sp³-hybridized carbons (Fsp3) is 0.364. The highest BCUT2D eigenvalue weighted by molar-refractivity contribution is 5.29. The fourth-order valence-corrected chi connectivity index (χ4v) is 1.42. The SMILES string of the molecule is N#CC(NCCN=[N+]=[N-])c1cccc(C(F)F)c1. The van der Waals surface area contributed by atoms with E-state index >= 15 is 0 Å². The van der Waals surface area contributed by atoms with Crippen molar-refractivity contribution < 1.29 is 8.78 Å². The first-order chi connectivity index (χ1) is 8.69. The van der Waals surface area contributed by atoms with Crippen LogP contribution in [0.2, 0.25) is 0 Å². The zero-order valence-corrected chi connectivity index (χ0v) is 9.42. The summed E-state index contributed by atoms with van der Waals surface area (Å²) < 4.78 is 25.0. The van der Waals surface area contributed by atoms with Gasteiger partial charge < -0.3 is 0 Å². The number of rotatable bonds is 6. The molecule has 1 unspecified atom stereocenters. The van der Waals surface area contributed by atoms with Crippen molar-refractivity contribution in [2.24, 2.45) is 5.11 Å². The summed E-state index contributed by atoms with van der Waals surface area (Å²) in [6.45, 7) is 0.504. The van der Waals surface area contributed by atoms with Gasteiger partial charge in [0.2, 0.25) is 0 Å². The highest BCUT2D eigenvalue weighted by Crippen LogP contribution is 2.22. The average molecular weight is 251 g/mol. The monoisotopic (exact) mass is 251 g/mol. The van der Waals surface area contributed by atoms with Crippen LogP contribution in [0, 0.1) is 11.3 Å². The molecule has 94 valence electrons. The third-order valence-electron chi connectivity index (χ3n) is 2.25. The van der Waals surface area contributed by atoms with E-state index in [1.807, 2.05) is 6.07 Å². The Balaban J connectivity index is 2.73. The van der Waals surface area contributed by atoms with Gasteiger partial charge >= 0.3 is 0 Å². The van der Waals surface area contributed by atoms with Crippen LogP contribution >= 0.6 is 0 Å². The molecule has 0 aliphatic heterocycles. The number of hydrogen-bond donors (Lipinski definition) is 1. The minimum absolute atomic E-state index is 0.121. The third-order valence-corrected chi connectivity index (χ3v) is 2.25. The topological polar surface area (TPSA) is 84.6 Å². The summed E-state index contributed by atoms with van der Waals surface area (Å²) in [4.78, 5) is 2.57. The number of nitriles is 1. The van der Waals surface area contributed by atoms with Crippen molar-refractivity contribution >= 4 is 0 Å². The lowest BCUT2D eigenvalue weighted by Gasteiger charge is -2.12. The summed E-state index contributed by atoms with van der Waals surface area (Å²) >= 11 is 0. The quantitative estimate of drug-likeness (QED) is 0.364. The van der Waals surface area contributed by atoms with E-state index in [2.05, 4.69) is 15.3 Å². The number of halogens is 2. The minimum atomic E-state index is -2.56. The number of alkyl halides is 2. The second-order valence-corrected chi connectivity index (χ2v) is 3.44. The molecule has 0 amide bonds. The van der Waals surface area contributed by atoms with Crippen molar-refractivity contribution in [3.8, 4) is 6.07 Å². The Bertz CT molecular complexity index is 477. The van der Waals surface area contributed by atoms with Crippen LogP contribution in [0.4, 0.5) is 8.78 Å². The molecule has 1 atom stereocenters. The molecule has 0 spiro atoms. The Hall–Kier alpha value is -2.16. The van der Waals surface area contributed by atoms with E-state index in [1.54, 1.807) is 6.07 Å². The fourth-order valence-electron chi connectivity index (χ4n) is 1.42. The molecule has 1 rings (SSSR count). The molecule has 1 aromatic rings. The summed E-state index contributed by atoms with van der Waals surface area (Å²) in [5, 5.41) is 15.1. The summed E-state index contributed by atoms with van der Waals surface area (Å²) in [7, 11) is 0. The van der Waals surface area contributed by atoms with Gasteiger partial charge in [0, 0.05) is 23.6 Å². The predicted octanol–water partition coefficient (Wildman–Crippen LogP) is 3.09. The lowest BCUT2D eigenvalue weighted by Crippen LogP contribution is -2.22. The van der Waals surface area contributed by atoms with E-state index < -0.39 is 12.5 Å². The van der Waals surface area contributed by atoms with E-state index in [-0.39, 0.29) is 12.1 Å². The van der Waals surface area contributed by atoms with Crippen molar-refractivity contribution in [2.45, 2.75) is 12.5 Å². The van der Waals surface area contributed by atoms with Crippen LogP contribution in [0.5, 0.6) is 0 Å². The van der Waals surface area contributed by atoms with Crippen LogP contribution in [-0.4, -0.2) is 13.1 Å². The first-order valence-electron chi connectivity index (χ1n) is 5.21.